The van der Waals surface area contributed by atoms with Gasteiger partial charge in [0, 0.05) is 23.6 Å². The van der Waals surface area contributed by atoms with Crippen molar-refractivity contribution < 1.29 is 23.8 Å². The Morgan fingerprint density at radius 2 is 1.97 bits per heavy atom. The van der Waals surface area contributed by atoms with Crippen molar-refractivity contribution in [2.24, 2.45) is 0 Å². The van der Waals surface area contributed by atoms with Gasteiger partial charge in [-0.25, -0.2) is 0 Å². The number of thiocarbonyl (C=S) groups is 1. The average Bonchev–Trinajstić information content (AvgIpc) is 3.06. The summed E-state index contributed by atoms with van der Waals surface area (Å²) in [5, 5.41) is 0.636. The van der Waals surface area contributed by atoms with E-state index in [2.05, 4.69) is 4.74 Å². The Hall–Kier alpha value is -2.55. The normalized spacial score (nSPS) is 14.7. The monoisotopic (exact) mass is 491 g/mol. The SMILES string of the molecule is COC(=O)CCCN1C(=O)/C(=C/c2ccc(OCc3ccccc3Cl)c(OC)c2)SC1=S. The van der Waals surface area contributed by atoms with Crippen LogP contribution in [0.3, 0.4) is 0 Å². The van der Waals surface area contributed by atoms with Gasteiger partial charge < -0.3 is 14.2 Å². The minimum Gasteiger partial charge on any atom is -0.493 e. The number of carbonyl (C=O) groups is 2. The maximum atomic E-state index is 12.7. The molecule has 0 aliphatic carbocycles. The van der Waals surface area contributed by atoms with Crippen molar-refractivity contribution in [1.82, 2.24) is 4.90 Å². The highest BCUT2D eigenvalue weighted by molar-refractivity contribution is 8.26. The number of hydrogen-bond donors (Lipinski definition) is 0. The average molecular weight is 492 g/mol. The molecule has 6 nitrogen and oxygen atoms in total. The summed E-state index contributed by atoms with van der Waals surface area (Å²) < 4.78 is 16.4. The summed E-state index contributed by atoms with van der Waals surface area (Å²) >= 11 is 12.8. The first-order chi connectivity index (χ1) is 15.4. The summed E-state index contributed by atoms with van der Waals surface area (Å²) in [6.45, 7) is 0.675. The second-order valence-corrected chi connectivity index (χ2v) is 8.89. The van der Waals surface area contributed by atoms with Gasteiger partial charge in [0.1, 0.15) is 10.9 Å². The van der Waals surface area contributed by atoms with E-state index in [9.17, 15) is 9.59 Å². The van der Waals surface area contributed by atoms with Crippen LogP contribution < -0.4 is 9.47 Å². The third-order valence-electron chi connectivity index (χ3n) is 4.69. The molecule has 0 radical (unpaired) electrons. The molecule has 1 amide bonds. The molecule has 2 aromatic rings. The predicted molar refractivity (Wildman–Crippen MR) is 130 cm³/mol. The van der Waals surface area contributed by atoms with Gasteiger partial charge in [0.25, 0.3) is 5.91 Å². The first kappa shape index (κ1) is 24.1. The van der Waals surface area contributed by atoms with Gasteiger partial charge >= 0.3 is 5.97 Å². The number of nitrogens with zero attached hydrogens (tertiary/aromatic N) is 1. The quantitative estimate of drug-likeness (QED) is 0.275. The van der Waals surface area contributed by atoms with Crippen molar-refractivity contribution in [1.29, 1.82) is 0 Å². The summed E-state index contributed by atoms with van der Waals surface area (Å²) in [6.07, 6.45) is 2.48. The number of halogens is 1. The number of rotatable bonds is 9. The van der Waals surface area contributed by atoms with E-state index in [0.717, 1.165) is 11.1 Å². The first-order valence-electron chi connectivity index (χ1n) is 9.79. The van der Waals surface area contributed by atoms with E-state index >= 15 is 0 Å². The molecular weight excluding hydrogens is 470 g/mol. The zero-order valence-electron chi connectivity index (χ0n) is 17.6. The summed E-state index contributed by atoms with van der Waals surface area (Å²) in [5.41, 5.74) is 1.65. The molecule has 1 aliphatic rings. The fraction of sp³-hybridized carbons (Fsp3) is 0.261. The second-order valence-electron chi connectivity index (χ2n) is 6.80. The molecule has 2 aromatic carbocycles. The molecule has 0 bridgehead atoms. The van der Waals surface area contributed by atoms with E-state index in [-0.39, 0.29) is 18.3 Å². The van der Waals surface area contributed by atoms with Crippen LogP contribution in [0.2, 0.25) is 5.02 Å². The van der Waals surface area contributed by atoms with Crippen LogP contribution in [-0.2, 0) is 20.9 Å². The Morgan fingerprint density at radius 1 is 1.19 bits per heavy atom. The number of thioether (sulfide) groups is 1. The lowest BCUT2D eigenvalue weighted by Crippen LogP contribution is -2.29. The Balaban J connectivity index is 1.68. The third kappa shape index (κ3) is 6.03. The van der Waals surface area contributed by atoms with Crippen molar-refractivity contribution in [3.05, 3.63) is 63.5 Å². The topological polar surface area (TPSA) is 65.1 Å². The van der Waals surface area contributed by atoms with E-state index < -0.39 is 0 Å². The Bertz CT molecular complexity index is 1060. The largest absolute Gasteiger partial charge is 0.493 e. The highest BCUT2D eigenvalue weighted by Crippen LogP contribution is 2.35. The maximum absolute atomic E-state index is 12.7. The molecule has 0 unspecified atom stereocenters. The number of methoxy groups -OCH3 is 2. The number of esters is 1. The number of hydrogen-bond acceptors (Lipinski definition) is 7. The molecule has 0 N–H and O–H groups in total. The molecule has 1 aliphatic heterocycles. The fourth-order valence-corrected chi connectivity index (χ4v) is 4.49. The number of ether oxygens (including phenoxy) is 3. The molecule has 1 saturated heterocycles. The van der Waals surface area contributed by atoms with Gasteiger partial charge in [-0.2, -0.15) is 0 Å². The Kier molecular flexibility index (Phi) is 8.55. The van der Waals surface area contributed by atoms with Crippen LogP contribution in [0.1, 0.15) is 24.0 Å². The van der Waals surface area contributed by atoms with Crippen LogP contribution >= 0.6 is 35.6 Å². The van der Waals surface area contributed by atoms with Gasteiger partial charge in [0.15, 0.2) is 11.5 Å². The summed E-state index contributed by atoms with van der Waals surface area (Å²) in [7, 11) is 2.90. The molecule has 168 valence electrons. The minimum absolute atomic E-state index is 0.178. The molecule has 32 heavy (non-hydrogen) atoms. The minimum atomic E-state index is -0.310. The van der Waals surface area contributed by atoms with Gasteiger partial charge in [-0.3, -0.25) is 14.5 Å². The molecule has 1 fully saturated rings. The van der Waals surface area contributed by atoms with Crippen LogP contribution in [0.25, 0.3) is 6.08 Å². The summed E-state index contributed by atoms with van der Waals surface area (Å²) in [5.74, 6) is 0.622. The van der Waals surface area contributed by atoms with E-state index in [4.69, 9.17) is 33.3 Å². The molecule has 0 aromatic heterocycles. The van der Waals surface area contributed by atoms with Gasteiger partial charge in [0.2, 0.25) is 0 Å². The number of amides is 1. The van der Waals surface area contributed by atoms with E-state index in [1.807, 2.05) is 30.3 Å². The molecule has 9 heteroatoms. The first-order valence-corrected chi connectivity index (χ1v) is 11.4. The molecule has 0 atom stereocenters. The van der Waals surface area contributed by atoms with E-state index in [0.29, 0.717) is 45.3 Å². The predicted octanol–water partition coefficient (Wildman–Crippen LogP) is 5.08. The van der Waals surface area contributed by atoms with Crippen LogP contribution in [-0.4, -0.2) is 41.9 Å². The molecular formula is C23H22ClNO5S2. The Labute approximate surface area is 201 Å². The number of carbonyl (C=O) groups excluding carboxylic acids is 2. The second kappa shape index (κ2) is 11.4. The van der Waals surface area contributed by atoms with Crippen LogP contribution in [0.5, 0.6) is 11.5 Å². The maximum Gasteiger partial charge on any atom is 0.305 e. The van der Waals surface area contributed by atoms with Crippen molar-refractivity contribution in [3.8, 4) is 11.5 Å². The lowest BCUT2D eigenvalue weighted by Gasteiger charge is -2.13. The lowest BCUT2D eigenvalue weighted by atomic mass is 10.1. The third-order valence-corrected chi connectivity index (χ3v) is 6.44. The van der Waals surface area contributed by atoms with Gasteiger partial charge in [-0.15, -0.1) is 0 Å². The zero-order chi connectivity index (χ0) is 23.1. The van der Waals surface area contributed by atoms with Crippen LogP contribution in [0.15, 0.2) is 47.4 Å². The molecule has 0 spiro atoms. The molecule has 0 saturated carbocycles. The van der Waals surface area contributed by atoms with Gasteiger partial charge in [-0.1, -0.05) is 59.8 Å². The van der Waals surface area contributed by atoms with Crippen molar-refractivity contribution in [3.63, 3.8) is 0 Å². The van der Waals surface area contributed by atoms with Crippen molar-refractivity contribution in [2.75, 3.05) is 20.8 Å². The summed E-state index contributed by atoms with van der Waals surface area (Å²) in [4.78, 5) is 26.0. The van der Waals surface area contributed by atoms with Crippen molar-refractivity contribution >= 4 is 57.9 Å². The van der Waals surface area contributed by atoms with Crippen LogP contribution in [0.4, 0.5) is 0 Å². The van der Waals surface area contributed by atoms with Crippen molar-refractivity contribution in [2.45, 2.75) is 19.4 Å². The highest BCUT2D eigenvalue weighted by Gasteiger charge is 2.31. The highest BCUT2D eigenvalue weighted by atomic mass is 35.5. The fourth-order valence-electron chi connectivity index (χ4n) is 2.99. The number of benzene rings is 2. The van der Waals surface area contributed by atoms with Gasteiger partial charge in [0.05, 0.1) is 19.1 Å². The van der Waals surface area contributed by atoms with E-state index in [1.165, 1.54) is 23.8 Å². The molecule has 3 rings (SSSR count). The zero-order valence-corrected chi connectivity index (χ0v) is 20.0. The summed E-state index contributed by atoms with van der Waals surface area (Å²) in [6, 6.07) is 12.9. The standard InChI is InChI=1S/C23H22ClNO5S2/c1-28-19-12-15(9-10-18(19)30-14-16-6-3-4-7-17(16)24)13-20-22(27)25(23(31)32-20)11-5-8-21(26)29-2/h3-4,6-7,9-10,12-13H,5,8,11,14H2,1-2H3/b20-13-. The van der Waals surface area contributed by atoms with E-state index in [1.54, 1.807) is 25.3 Å². The van der Waals surface area contributed by atoms with Crippen LogP contribution in [0, 0.1) is 0 Å². The molecule has 1 heterocycles. The smallest absolute Gasteiger partial charge is 0.305 e. The Morgan fingerprint density at radius 3 is 2.69 bits per heavy atom. The van der Waals surface area contributed by atoms with Gasteiger partial charge in [-0.05, 0) is 36.3 Å². The lowest BCUT2D eigenvalue weighted by molar-refractivity contribution is -0.141.